The van der Waals surface area contributed by atoms with Crippen LogP contribution in [0.25, 0.3) is 16.6 Å². The van der Waals surface area contributed by atoms with E-state index < -0.39 is 23.0 Å². The van der Waals surface area contributed by atoms with E-state index in [0.717, 1.165) is 47.7 Å². The Labute approximate surface area is 196 Å². The molecule has 4 aromatic rings. The number of amides is 1. The number of halogens is 3. The summed E-state index contributed by atoms with van der Waals surface area (Å²) in [5.41, 5.74) is 2.75. The fraction of sp³-hybridized carbons (Fsp3) is 0.160. The quantitative estimate of drug-likeness (QED) is 0.247. The lowest BCUT2D eigenvalue weighted by atomic mass is 10.1. The van der Waals surface area contributed by atoms with Crippen molar-refractivity contribution in [2.45, 2.75) is 24.4 Å². The molecule has 1 aliphatic rings. The molecular formula is C25H18F3N3O2S. The first-order chi connectivity index (χ1) is 16.4. The molecule has 1 N–H and O–H groups in total. The Morgan fingerprint density at radius 1 is 1.00 bits per heavy atom. The molecule has 1 aromatic heterocycles. The summed E-state index contributed by atoms with van der Waals surface area (Å²) < 4.78 is 42.4. The Kier molecular flexibility index (Phi) is 5.87. The van der Waals surface area contributed by atoms with Crippen LogP contribution in [0.2, 0.25) is 0 Å². The van der Waals surface area contributed by atoms with Gasteiger partial charge < -0.3 is 5.32 Å². The standard InChI is InChI=1S/C25H18F3N3O2S/c26-19-11-17(12-20(27)23(19)28)31-24(33)18-6-1-2-7-21(18)30-25(31)34-13-22(32)29-16-9-8-14-4-3-5-15(14)10-16/h1-2,6-12H,3-5,13H2,(H,29,32). The molecule has 0 spiro atoms. The molecule has 9 heteroatoms. The summed E-state index contributed by atoms with van der Waals surface area (Å²) in [6.45, 7) is 0. The summed E-state index contributed by atoms with van der Waals surface area (Å²) in [6, 6.07) is 13.8. The van der Waals surface area contributed by atoms with Gasteiger partial charge in [-0.05, 0) is 54.7 Å². The predicted molar refractivity (Wildman–Crippen MR) is 125 cm³/mol. The molecule has 0 unspecified atom stereocenters. The minimum Gasteiger partial charge on any atom is -0.325 e. The summed E-state index contributed by atoms with van der Waals surface area (Å²) in [7, 11) is 0. The van der Waals surface area contributed by atoms with Crippen molar-refractivity contribution >= 4 is 34.3 Å². The Bertz CT molecular complexity index is 1480. The van der Waals surface area contributed by atoms with Crippen molar-refractivity contribution in [1.29, 1.82) is 0 Å². The number of benzene rings is 3. The van der Waals surface area contributed by atoms with Gasteiger partial charge in [0.05, 0.1) is 22.3 Å². The largest absolute Gasteiger partial charge is 0.325 e. The number of carbonyl (C=O) groups is 1. The van der Waals surface area contributed by atoms with Gasteiger partial charge in [0.2, 0.25) is 5.91 Å². The van der Waals surface area contributed by atoms with Gasteiger partial charge in [-0.15, -0.1) is 0 Å². The number of hydrogen-bond acceptors (Lipinski definition) is 4. The summed E-state index contributed by atoms with van der Waals surface area (Å²) >= 11 is 0.941. The molecule has 34 heavy (non-hydrogen) atoms. The number of para-hydroxylation sites is 1. The van der Waals surface area contributed by atoms with E-state index >= 15 is 0 Å². The zero-order chi connectivity index (χ0) is 23.8. The lowest BCUT2D eigenvalue weighted by molar-refractivity contribution is -0.113. The van der Waals surface area contributed by atoms with Crippen molar-refractivity contribution < 1.29 is 18.0 Å². The average Bonchev–Trinajstić information content (AvgIpc) is 3.29. The molecule has 0 radical (unpaired) electrons. The SMILES string of the molecule is O=C(CSc1nc2ccccc2c(=O)n1-c1cc(F)c(F)c(F)c1)Nc1ccc2c(c1)CCC2. The Hall–Kier alpha value is -3.59. The monoisotopic (exact) mass is 481 g/mol. The van der Waals surface area contributed by atoms with Crippen molar-refractivity contribution in [3.05, 3.63) is 93.5 Å². The highest BCUT2D eigenvalue weighted by Gasteiger charge is 2.19. The van der Waals surface area contributed by atoms with Gasteiger partial charge in [0.1, 0.15) is 0 Å². The van der Waals surface area contributed by atoms with Crippen molar-refractivity contribution in [3.63, 3.8) is 0 Å². The molecule has 172 valence electrons. The highest BCUT2D eigenvalue weighted by atomic mass is 32.2. The first-order valence-corrected chi connectivity index (χ1v) is 11.6. The second-order valence-electron chi connectivity index (χ2n) is 7.95. The van der Waals surface area contributed by atoms with E-state index in [1.165, 1.54) is 17.2 Å². The van der Waals surface area contributed by atoms with E-state index in [4.69, 9.17) is 0 Å². The number of aromatic nitrogens is 2. The van der Waals surface area contributed by atoms with E-state index in [1.54, 1.807) is 18.2 Å². The van der Waals surface area contributed by atoms with Crippen LogP contribution in [0.4, 0.5) is 18.9 Å². The van der Waals surface area contributed by atoms with E-state index in [1.807, 2.05) is 18.2 Å². The lowest BCUT2D eigenvalue weighted by Gasteiger charge is -2.14. The molecule has 5 nitrogen and oxygen atoms in total. The van der Waals surface area contributed by atoms with Crippen LogP contribution in [0.3, 0.4) is 0 Å². The first kappa shape index (κ1) is 22.2. The fourth-order valence-electron chi connectivity index (χ4n) is 4.08. The van der Waals surface area contributed by atoms with Gasteiger partial charge in [-0.25, -0.2) is 18.2 Å². The number of nitrogens with one attached hydrogen (secondary N) is 1. The summed E-state index contributed by atoms with van der Waals surface area (Å²) in [5.74, 6) is -4.92. The van der Waals surface area contributed by atoms with Crippen LogP contribution in [-0.4, -0.2) is 21.2 Å². The zero-order valence-electron chi connectivity index (χ0n) is 17.8. The van der Waals surface area contributed by atoms with E-state index in [-0.39, 0.29) is 27.9 Å². The molecule has 0 fully saturated rings. The van der Waals surface area contributed by atoms with Gasteiger partial charge in [0, 0.05) is 17.8 Å². The fourth-order valence-corrected chi connectivity index (χ4v) is 4.90. The maximum Gasteiger partial charge on any atom is 0.266 e. The Morgan fingerprint density at radius 2 is 1.74 bits per heavy atom. The van der Waals surface area contributed by atoms with Crippen LogP contribution in [0, 0.1) is 17.5 Å². The molecule has 0 bridgehead atoms. The Morgan fingerprint density at radius 3 is 2.53 bits per heavy atom. The predicted octanol–water partition coefficient (Wildman–Crippen LogP) is 5.02. The number of hydrogen-bond donors (Lipinski definition) is 1. The van der Waals surface area contributed by atoms with E-state index in [9.17, 15) is 22.8 Å². The third-order valence-corrected chi connectivity index (χ3v) is 6.62. The van der Waals surface area contributed by atoms with Gasteiger partial charge in [0.25, 0.3) is 5.56 Å². The topological polar surface area (TPSA) is 64.0 Å². The zero-order valence-corrected chi connectivity index (χ0v) is 18.6. The van der Waals surface area contributed by atoms with E-state index in [2.05, 4.69) is 10.3 Å². The number of nitrogens with zero attached hydrogens (tertiary/aromatic N) is 2. The lowest BCUT2D eigenvalue weighted by Crippen LogP contribution is -2.23. The smallest absolute Gasteiger partial charge is 0.266 e. The van der Waals surface area contributed by atoms with Crippen LogP contribution < -0.4 is 10.9 Å². The van der Waals surface area contributed by atoms with Gasteiger partial charge in [-0.1, -0.05) is 30.0 Å². The first-order valence-electron chi connectivity index (χ1n) is 10.6. The minimum atomic E-state index is -1.63. The summed E-state index contributed by atoms with van der Waals surface area (Å²) in [5, 5.41) is 3.11. The molecule has 0 atom stereocenters. The average molecular weight is 481 g/mol. The highest BCUT2D eigenvalue weighted by Crippen LogP contribution is 2.26. The maximum absolute atomic E-state index is 13.9. The van der Waals surface area contributed by atoms with Gasteiger partial charge in [-0.3, -0.25) is 14.2 Å². The molecular weight excluding hydrogens is 463 g/mol. The molecule has 0 aliphatic heterocycles. The molecule has 1 amide bonds. The van der Waals surface area contributed by atoms with Gasteiger partial charge >= 0.3 is 0 Å². The van der Waals surface area contributed by atoms with Crippen LogP contribution in [0.5, 0.6) is 0 Å². The minimum absolute atomic E-state index is 0.0539. The van der Waals surface area contributed by atoms with Crippen LogP contribution in [0.1, 0.15) is 17.5 Å². The van der Waals surface area contributed by atoms with Gasteiger partial charge in [0.15, 0.2) is 22.6 Å². The molecule has 5 rings (SSSR count). The van der Waals surface area contributed by atoms with Crippen molar-refractivity contribution in [3.8, 4) is 5.69 Å². The Balaban J connectivity index is 1.47. The van der Waals surface area contributed by atoms with Crippen LogP contribution in [0.15, 0.2) is 64.5 Å². The van der Waals surface area contributed by atoms with E-state index in [0.29, 0.717) is 11.2 Å². The number of aryl methyl sites for hydroxylation is 2. The number of rotatable bonds is 5. The highest BCUT2D eigenvalue weighted by molar-refractivity contribution is 7.99. The normalized spacial score (nSPS) is 12.7. The second-order valence-corrected chi connectivity index (χ2v) is 8.89. The number of anilines is 1. The molecule has 0 saturated heterocycles. The van der Waals surface area contributed by atoms with Crippen molar-refractivity contribution in [1.82, 2.24) is 9.55 Å². The van der Waals surface area contributed by atoms with Crippen molar-refractivity contribution in [2.75, 3.05) is 11.1 Å². The molecule has 0 saturated carbocycles. The third kappa shape index (κ3) is 4.19. The van der Waals surface area contributed by atoms with Gasteiger partial charge in [-0.2, -0.15) is 0 Å². The summed E-state index contributed by atoms with van der Waals surface area (Å²) in [4.78, 5) is 30.2. The second kappa shape index (κ2) is 8.98. The van der Waals surface area contributed by atoms with Crippen molar-refractivity contribution in [2.24, 2.45) is 0 Å². The number of thioether (sulfide) groups is 1. The molecule has 1 aliphatic carbocycles. The number of fused-ring (bicyclic) bond motifs is 2. The number of carbonyl (C=O) groups excluding carboxylic acids is 1. The molecule has 1 heterocycles. The van der Waals surface area contributed by atoms with Crippen LogP contribution in [-0.2, 0) is 17.6 Å². The third-order valence-electron chi connectivity index (χ3n) is 5.69. The van der Waals surface area contributed by atoms with Crippen LogP contribution >= 0.6 is 11.8 Å². The molecule has 3 aromatic carbocycles. The summed E-state index contributed by atoms with van der Waals surface area (Å²) in [6.07, 6.45) is 3.11. The maximum atomic E-state index is 13.9.